The lowest BCUT2D eigenvalue weighted by molar-refractivity contribution is -0.119. The second kappa shape index (κ2) is 7.52. The van der Waals surface area contributed by atoms with Crippen molar-refractivity contribution in [3.8, 4) is 11.5 Å². The fourth-order valence-electron chi connectivity index (χ4n) is 2.12. The Morgan fingerprint density at radius 1 is 1.04 bits per heavy atom. The Morgan fingerprint density at radius 2 is 1.75 bits per heavy atom. The van der Waals surface area contributed by atoms with Crippen LogP contribution in [-0.4, -0.2) is 31.7 Å². The monoisotopic (exact) mass is 439 g/mol. The quantitative estimate of drug-likeness (QED) is 0.586. The zero-order valence-electron chi connectivity index (χ0n) is 12.6. The summed E-state index contributed by atoms with van der Waals surface area (Å²) < 4.78 is 16.9. The minimum atomic E-state index is -0.593. The van der Waals surface area contributed by atoms with Gasteiger partial charge in [-0.1, -0.05) is 0 Å². The van der Waals surface area contributed by atoms with Crippen LogP contribution in [0.3, 0.4) is 0 Å². The summed E-state index contributed by atoms with van der Waals surface area (Å²) >= 11 is 2.18. The molecule has 0 fully saturated rings. The van der Waals surface area contributed by atoms with Crippen LogP contribution >= 0.6 is 22.6 Å². The van der Waals surface area contributed by atoms with Gasteiger partial charge < -0.3 is 19.5 Å². The first-order valence-electron chi connectivity index (χ1n) is 7.24. The van der Waals surface area contributed by atoms with Crippen molar-refractivity contribution < 1.29 is 23.8 Å². The van der Waals surface area contributed by atoms with E-state index in [0.29, 0.717) is 36.0 Å². The molecule has 0 saturated carbocycles. The van der Waals surface area contributed by atoms with Crippen molar-refractivity contribution in [2.45, 2.75) is 0 Å². The van der Waals surface area contributed by atoms with Crippen molar-refractivity contribution in [1.29, 1.82) is 0 Å². The fourth-order valence-corrected chi connectivity index (χ4v) is 2.47. The molecule has 0 unspecified atom stereocenters. The standard InChI is InChI=1S/C17H14INO5/c18-12-2-4-13(5-3-12)19-16(20)10-24-17(21)11-1-6-14-15(9-11)23-8-7-22-14/h1-6,9H,7-8,10H2,(H,19,20). The Morgan fingerprint density at radius 3 is 2.50 bits per heavy atom. The lowest BCUT2D eigenvalue weighted by atomic mass is 10.2. The summed E-state index contributed by atoms with van der Waals surface area (Å²) in [5.74, 6) is 0.0973. The molecule has 0 atom stereocenters. The number of benzene rings is 2. The summed E-state index contributed by atoms with van der Waals surface area (Å²) in [6, 6.07) is 12.1. The SMILES string of the molecule is O=C(COC(=O)c1ccc2c(c1)OCCO2)Nc1ccc(I)cc1. The van der Waals surface area contributed by atoms with Gasteiger partial charge in [-0.15, -0.1) is 0 Å². The zero-order chi connectivity index (χ0) is 16.9. The van der Waals surface area contributed by atoms with Gasteiger partial charge in [0.15, 0.2) is 18.1 Å². The van der Waals surface area contributed by atoms with Gasteiger partial charge in [-0.25, -0.2) is 4.79 Å². The van der Waals surface area contributed by atoms with Gasteiger partial charge in [-0.3, -0.25) is 4.79 Å². The number of rotatable bonds is 4. The van der Waals surface area contributed by atoms with Crippen molar-refractivity contribution in [3.63, 3.8) is 0 Å². The molecule has 1 amide bonds. The van der Waals surface area contributed by atoms with Crippen LogP contribution in [0.15, 0.2) is 42.5 Å². The Bertz CT molecular complexity index is 760. The summed E-state index contributed by atoms with van der Waals surface area (Å²) in [5.41, 5.74) is 0.956. The number of esters is 1. The molecule has 1 heterocycles. The minimum Gasteiger partial charge on any atom is -0.486 e. The highest BCUT2D eigenvalue weighted by Crippen LogP contribution is 2.30. The molecule has 0 spiro atoms. The topological polar surface area (TPSA) is 73.9 Å². The normalized spacial score (nSPS) is 12.4. The molecule has 6 nitrogen and oxygen atoms in total. The molecule has 0 aliphatic carbocycles. The van der Waals surface area contributed by atoms with E-state index in [4.69, 9.17) is 14.2 Å². The second-order valence-electron chi connectivity index (χ2n) is 4.99. The first kappa shape index (κ1) is 16.6. The first-order valence-corrected chi connectivity index (χ1v) is 8.32. The van der Waals surface area contributed by atoms with Gasteiger partial charge in [-0.2, -0.15) is 0 Å². The van der Waals surface area contributed by atoms with E-state index in [2.05, 4.69) is 27.9 Å². The average Bonchev–Trinajstić information content (AvgIpc) is 2.61. The maximum Gasteiger partial charge on any atom is 0.338 e. The van der Waals surface area contributed by atoms with E-state index >= 15 is 0 Å². The second-order valence-corrected chi connectivity index (χ2v) is 6.24. The van der Waals surface area contributed by atoms with E-state index in [0.717, 1.165) is 3.57 Å². The van der Waals surface area contributed by atoms with E-state index in [1.165, 1.54) is 0 Å². The smallest absolute Gasteiger partial charge is 0.338 e. The van der Waals surface area contributed by atoms with Crippen LogP contribution < -0.4 is 14.8 Å². The predicted octanol–water partition coefficient (Wildman–Crippen LogP) is 2.86. The minimum absolute atomic E-state index is 0.307. The van der Waals surface area contributed by atoms with E-state index in [-0.39, 0.29) is 6.61 Å². The number of nitrogens with one attached hydrogen (secondary N) is 1. The Labute approximate surface area is 152 Å². The number of carbonyl (C=O) groups excluding carboxylic acids is 2. The Balaban J connectivity index is 1.55. The third-order valence-electron chi connectivity index (χ3n) is 3.24. The van der Waals surface area contributed by atoms with Gasteiger partial charge in [0, 0.05) is 9.26 Å². The molecule has 0 bridgehead atoms. The van der Waals surface area contributed by atoms with Crippen molar-refractivity contribution in [2.24, 2.45) is 0 Å². The summed E-state index contributed by atoms with van der Waals surface area (Å²) in [6.07, 6.45) is 0. The summed E-state index contributed by atoms with van der Waals surface area (Å²) in [7, 11) is 0. The molecule has 3 rings (SSSR count). The van der Waals surface area contributed by atoms with E-state index in [1.54, 1.807) is 30.3 Å². The van der Waals surface area contributed by atoms with Crippen molar-refractivity contribution in [3.05, 3.63) is 51.6 Å². The number of carbonyl (C=O) groups is 2. The number of anilines is 1. The van der Waals surface area contributed by atoms with Crippen LogP contribution in [0, 0.1) is 3.57 Å². The molecular weight excluding hydrogens is 425 g/mol. The van der Waals surface area contributed by atoms with Crippen LogP contribution in [0.5, 0.6) is 11.5 Å². The number of ether oxygens (including phenoxy) is 3. The van der Waals surface area contributed by atoms with Gasteiger partial charge in [0.25, 0.3) is 5.91 Å². The summed E-state index contributed by atoms with van der Waals surface area (Å²) in [5, 5.41) is 2.66. The lowest BCUT2D eigenvalue weighted by Crippen LogP contribution is -2.21. The third kappa shape index (κ3) is 4.16. The van der Waals surface area contributed by atoms with E-state index in [1.807, 2.05) is 12.1 Å². The molecule has 0 saturated heterocycles. The highest BCUT2D eigenvalue weighted by molar-refractivity contribution is 14.1. The molecule has 1 aliphatic rings. The van der Waals surface area contributed by atoms with Crippen LogP contribution in [0.2, 0.25) is 0 Å². The number of hydrogen-bond donors (Lipinski definition) is 1. The lowest BCUT2D eigenvalue weighted by Gasteiger charge is -2.18. The van der Waals surface area contributed by atoms with Gasteiger partial charge in [-0.05, 0) is 65.1 Å². The van der Waals surface area contributed by atoms with Gasteiger partial charge in [0.2, 0.25) is 0 Å². The van der Waals surface area contributed by atoms with Gasteiger partial charge in [0.1, 0.15) is 13.2 Å². The van der Waals surface area contributed by atoms with Crippen molar-refractivity contribution in [1.82, 2.24) is 0 Å². The zero-order valence-corrected chi connectivity index (χ0v) is 14.7. The molecular formula is C17H14INO5. The summed E-state index contributed by atoms with van der Waals surface area (Å²) in [6.45, 7) is 0.554. The number of hydrogen-bond acceptors (Lipinski definition) is 5. The molecule has 0 radical (unpaired) electrons. The Kier molecular flexibility index (Phi) is 5.19. The molecule has 124 valence electrons. The van der Waals surface area contributed by atoms with Crippen molar-refractivity contribution in [2.75, 3.05) is 25.1 Å². The number of amides is 1. The van der Waals surface area contributed by atoms with Gasteiger partial charge in [0.05, 0.1) is 5.56 Å². The fraction of sp³-hybridized carbons (Fsp3) is 0.176. The Hall–Kier alpha value is -2.29. The maximum atomic E-state index is 12.0. The average molecular weight is 439 g/mol. The molecule has 2 aromatic carbocycles. The largest absolute Gasteiger partial charge is 0.486 e. The van der Waals surface area contributed by atoms with Gasteiger partial charge >= 0.3 is 5.97 Å². The molecule has 1 N–H and O–H groups in total. The predicted molar refractivity (Wildman–Crippen MR) is 95.5 cm³/mol. The molecule has 24 heavy (non-hydrogen) atoms. The van der Waals surface area contributed by atoms with E-state index < -0.39 is 11.9 Å². The van der Waals surface area contributed by atoms with E-state index in [9.17, 15) is 9.59 Å². The number of halogens is 1. The van der Waals surface area contributed by atoms with Crippen LogP contribution in [-0.2, 0) is 9.53 Å². The third-order valence-corrected chi connectivity index (χ3v) is 3.96. The molecule has 7 heteroatoms. The van der Waals surface area contributed by atoms with Crippen LogP contribution in [0.4, 0.5) is 5.69 Å². The highest BCUT2D eigenvalue weighted by atomic mass is 127. The highest BCUT2D eigenvalue weighted by Gasteiger charge is 2.16. The molecule has 2 aromatic rings. The maximum absolute atomic E-state index is 12.0. The van der Waals surface area contributed by atoms with Crippen molar-refractivity contribution >= 4 is 40.2 Å². The van der Waals surface area contributed by atoms with Crippen LogP contribution in [0.1, 0.15) is 10.4 Å². The number of fused-ring (bicyclic) bond motifs is 1. The van der Waals surface area contributed by atoms with Crippen LogP contribution in [0.25, 0.3) is 0 Å². The molecule has 0 aromatic heterocycles. The first-order chi connectivity index (χ1) is 11.6. The molecule has 1 aliphatic heterocycles. The summed E-state index contributed by atoms with van der Waals surface area (Å²) in [4.78, 5) is 23.9.